The average Bonchev–Trinajstić information content (AvgIpc) is 3.23. The monoisotopic (exact) mass is 394 g/mol. The quantitative estimate of drug-likeness (QED) is 0.363. The molecule has 0 aliphatic heterocycles. The first kappa shape index (κ1) is 18.2. The van der Waals surface area contributed by atoms with Crippen molar-refractivity contribution < 1.29 is 19.1 Å². The summed E-state index contributed by atoms with van der Waals surface area (Å²) in [7, 11) is 1.63. The highest BCUT2D eigenvalue weighted by atomic mass is 32.1. The number of methoxy groups -OCH3 is 1. The van der Waals surface area contributed by atoms with E-state index in [9.17, 15) is 9.59 Å². The Labute approximate surface area is 165 Å². The van der Waals surface area contributed by atoms with E-state index in [0.717, 1.165) is 33.2 Å². The van der Waals surface area contributed by atoms with Crippen LogP contribution >= 0.6 is 11.3 Å². The number of imidazole rings is 1. The van der Waals surface area contributed by atoms with E-state index in [4.69, 9.17) is 14.5 Å². The second kappa shape index (κ2) is 7.44. The Morgan fingerprint density at radius 3 is 2.71 bits per heavy atom. The number of esters is 1. The van der Waals surface area contributed by atoms with Gasteiger partial charge < -0.3 is 9.47 Å². The van der Waals surface area contributed by atoms with Crippen LogP contribution in [0.1, 0.15) is 22.3 Å². The van der Waals surface area contributed by atoms with Crippen LogP contribution in [0.5, 0.6) is 5.75 Å². The normalized spacial score (nSPS) is 11.1. The molecule has 0 atom stereocenters. The minimum atomic E-state index is -0.291. The maximum atomic E-state index is 11.9. The summed E-state index contributed by atoms with van der Waals surface area (Å²) in [4.78, 5) is 29.8. The van der Waals surface area contributed by atoms with Crippen molar-refractivity contribution in [3.63, 3.8) is 0 Å². The molecular formula is C21H18N2O4S. The lowest BCUT2D eigenvalue weighted by Gasteiger charge is -2.09. The van der Waals surface area contributed by atoms with Crippen LogP contribution in [0.2, 0.25) is 0 Å². The van der Waals surface area contributed by atoms with Gasteiger partial charge in [0.15, 0.2) is 11.2 Å². The first-order chi connectivity index (χ1) is 13.7. The summed E-state index contributed by atoms with van der Waals surface area (Å²) < 4.78 is 12.2. The molecule has 0 saturated heterocycles. The van der Waals surface area contributed by atoms with Crippen LogP contribution < -0.4 is 4.74 Å². The zero-order valence-electron chi connectivity index (χ0n) is 15.5. The minimum Gasteiger partial charge on any atom is -0.496 e. The summed E-state index contributed by atoms with van der Waals surface area (Å²) >= 11 is 1.38. The molecule has 2 aromatic heterocycles. The van der Waals surface area contributed by atoms with Gasteiger partial charge in [0.1, 0.15) is 17.1 Å². The fourth-order valence-corrected chi connectivity index (χ4v) is 4.28. The molecular weight excluding hydrogens is 376 g/mol. The van der Waals surface area contributed by atoms with Gasteiger partial charge in [-0.05, 0) is 24.4 Å². The van der Waals surface area contributed by atoms with E-state index in [1.54, 1.807) is 24.6 Å². The molecule has 0 saturated carbocycles. The van der Waals surface area contributed by atoms with Crippen LogP contribution in [0.4, 0.5) is 0 Å². The Hall–Kier alpha value is -3.19. The molecule has 4 aromatic rings. The second-order valence-electron chi connectivity index (χ2n) is 6.16. The lowest BCUT2D eigenvalue weighted by atomic mass is 10.0. The van der Waals surface area contributed by atoms with E-state index in [1.165, 1.54) is 11.3 Å². The second-order valence-corrected chi connectivity index (χ2v) is 7.25. The summed E-state index contributed by atoms with van der Waals surface area (Å²) in [5.41, 5.74) is 1.93. The van der Waals surface area contributed by atoms with Gasteiger partial charge in [0, 0.05) is 22.0 Å². The molecule has 142 valence electrons. The molecule has 2 aromatic carbocycles. The highest BCUT2D eigenvalue weighted by molar-refractivity contribution is 7.17. The molecule has 0 aliphatic carbocycles. The first-order valence-electron chi connectivity index (χ1n) is 8.84. The molecule has 0 spiro atoms. The molecule has 0 fully saturated rings. The lowest BCUT2D eigenvalue weighted by Crippen LogP contribution is -2.06. The van der Waals surface area contributed by atoms with Crippen LogP contribution in [-0.2, 0) is 16.0 Å². The lowest BCUT2D eigenvalue weighted by molar-refractivity contribution is -0.142. The fourth-order valence-electron chi connectivity index (χ4n) is 3.31. The summed E-state index contributed by atoms with van der Waals surface area (Å²) in [6.07, 6.45) is 2.75. The summed E-state index contributed by atoms with van der Waals surface area (Å²) in [6.45, 7) is 2.12. The molecule has 0 amide bonds. The zero-order chi connectivity index (χ0) is 19.7. The number of thiazole rings is 1. The van der Waals surface area contributed by atoms with Crippen molar-refractivity contribution in [3.8, 4) is 17.0 Å². The van der Waals surface area contributed by atoms with Crippen molar-refractivity contribution in [2.45, 2.75) is 13.3 Å². The molecule has 2 heterocycles. The van der Waals surface area contributed by atoms with Crippen LogP contribution in [0.15, 0.2) is 42.6 Å². The van der Waals surface area contributed by atoms with E-state index in [1.807, 2.05) is 36.4 Å². The molecule has 28 heavy (non-hydrogen) atoms. The fraction of sp³-hybridized carbons (Fsp3) is 0.190. The standard InChI is InChI=1S/C21H18N2O4S/c1-3-27-19(25)10-13-11-23-17(12-24)20(22-21(23)28-13)16-8-9-18(26-2)15-7-5-4-6-14(15)16/h4-9,11-12H,3,10H2,1-2H3. The number of aldehydes is 1. The maximum Gasteiger partial charge on any atom is 0.311 e. The van der Waals surface area contributed by atoms with E-state index in [0.29, 0.717) is 23.0 Å². The third-order valence-electron chi connectivity index (χ3n) is 4.51. The van der Waals surface area contributed by atoms with Gasteiger partial charge >= 0.3 is 5.97 Å². The van der Waals surface area contributed by atoms with Gasteiger partial charge in [-0.2, -0.15) is 0 Å². The predicted octanol–water partition coefficient (Wildman–Crippen LogP) is 4.14. The van der Waals surface area contributed by atoms with Gasteiger partial charge in [-0.3, -0.25) is 14.0 Å². The number of hydrogen-bond acceptors (Lipinski definition) is 6. The van der Waals surface area contributed by atoms with Crippen LogP contribution in [0, 0.1) is 0 Å². The largest absolute Gasteiger partial charge is 0.496 e. The van der Waals surface area contributed by atoms with Crippen molar-refractivity contribution in [2.75, 3.05) is 13.7 Å². The number of aromatic nitrogens is 2. The number of ether oxygens (including phenoxy) is 2. The SMILES string of the molecule is CCOC(=O)Cc1cn2c(C=O)c(-c3ccc(OC)c4ccccc34)nc2s1. The Balaban J connectivity index is 1.84. The maximum absolute atomic E-state index is 11.9. The van der Waals surface area contributed by atoms with Gasteiger partial charge in [-0.1, -0.05) is 24.3 Å². The number of rotatable bonds is 6. The number of nitrogens with zero attached hydrogens (tertiary/aromatic N) is 2. The smallest absolute Gasteiger partial charge is 0.311 e. The van der Waals surface area contributed by atoms with Crippen LogP contribution in [-0.4, -0.2) is 35.4 Å². The average molecular weight is 394 g/mol. The molecule has 7 heteroatoms. The Bertz CT molecular complexity index is 1190. The number of carbonyl (C=O) groups excluding carboxylic acids is 2. The van der Waals surface area contributed by atoms with Crippen LogP contribution in [0.25, 0.3) is 27.0 Å². The zero-order valence-corrected chi connectivity index (χ0v) is 16.3. The van der Waals surface area contributed by atoms with Gasteiger partial charge in [-0.15, -0.1) is 11.3 Å². The van der Waals surface area contributed by atoms with Gasteiger partial charge in [-0.25, -0.2) is 4.98 Å². The van der Waals surface area contributed by atoms with Crippen molar-refractivity contribution in [1.29, 1.82) is 0 Å². The molecule has 6 nitrogen and oxygen atoms in total. The number of benzene rings is 2. The summed E-state index contributed by atoms with van der Waals surface area (Å²) in [5.74, 6) is 0.478. The third-order valence-corrected chi connectivity index (χ3v) is 5.49. The Morgan fingerprint density at radius 1 is 1.21 bits per heavy atom. The molecule has 0 aliphatic rings. The Morgan fingerprint density at radius 2 is 2.00 bits per heavy atom. The summed E-state index contributed by atoms with van der Waals surface area (Å²) in [6, 6.07) is 11.7. The first-order valence-corrected chi connectivity index (χ1v) is 9.65. The topological polar surface area (TPSA) is 69.9 Å². The molecule has 0 bridgehead atoms. The molecule has 0 unspecified atom stereocenters. The van der Waals surface area contributed by atoms with Crippen molar-refractivity contribution in [2.24, 2.45) is 0 Å². The summed E-state index contributed by atoms with van der Waals surface area (Å²) in [5, 5.41) is 1.92. The highest BCUT2D eigenvalue weighted by Gasteiger charge is 2.19. The van der Waals surface area contributed by atoms with Crippen LogP contribution in [0.3, 0.4) is 0 Å². The van der Waals surface area contributed by atoms with Gasteiger partial charge in [0.2, 0.25) is 0 Å². The van der Waals surface area contributed by atoms with E-state index < -0.39 is 0 Å². The van der Waals surface area contributed by atoms with E-state index in [2.05, 4.69) is 0 Å². The van der Waals surface area contributed by atoms with Crippen molar-refractivity contribution in [1.82, 2.24) is 9.38 Å². The molecule has 4 rings (SSSR count). The molecule has 0 radical (unpaired) electrons. The van der Waals surface area contributed by atoms with Gasteiger partial charge in [0.05, 0.1) is 20.1 Å². The highest BCUT2D eigenvalue weighted by Crippen LogP contribution is 2.36. The third kappa shape index (κ3) is 3.03. The van der Waals surface area contributed by atoms with Crippen molar-refractivity contribution >= 4 is 39.3 Å². The number of fused-ring (bicyclic) bond motifs is 2. The Kier molecular flexibility index (Phi) is 4.83. The number of hydrogen-bond donors (Lipinski definition) is 0. The molecule has 0 N–H and O–H groups in total. The minimum absolute atomic E-state index is 0.168. The van der Waals surface area contributed by atoms with Crippen molar-refractivity contribution in [3.05, 3.63) is 53.2 Å². The predicted molar refractivity (Wildman–Crippen MR) is 108 cm³/mol. The van der Waals surface area contributed by atoms with Gasteiger partial charge in [0.25, 0.3) is 0 Å². The van der Waals surface area contributed by atoms with E-state index >= 15 is 0 Å². The van der Waals surface area contributed by atoms with E-state index in [-0.39, 0.29) is 12.4 Å². The number of carbonyl (C=O) groups is 2.